The molecule has 0 saturated carbocycles. The molecule has 0 radical (unpaired) electrons. The van der Waals surface area contributed by atoms with E-state index in [0.717, 1.165) is 10.9 Å². The van der Waals surface area contributed by atoms with Crippen LogP contribution in [0.3, 0.4) is 0 Å². The number of nitrogens with one attached hydrogen (secondary N) is 1. The molecule has 0 fully saturated rings. The van der Waals surface area contributed by atoms with Gasteiger partial charge in [0.15, 0.2) is 5.78 Å². The normalized spacial score (nSPS) is 10.7. The van der Waals surface area contributed by atoms with Gasteiger partial charge in [0.05, 0.1) is 12.8 Å². The van der Waals surface area contributed by atoms with Gasteiger partial charge in [0.1, 0.15) is 12.3 Å². The molecule has 2 aromatic carbocycles. The molecule has 1 N–H and O–H groups in total. The molecule has 0 aliphatic heterocycles. The summed E-state index contributed by atoms with van der Waals surface area (Å²) in [7, 11) is 1.53. The second-order valence-corrected chi connectivity index (χ2v) is 6.07. The van der Waals surface area contributed by atoms with Crippen molar-refractivity contribution in [3.8, 4) is 5.75 Å². The number of Topliss-reactive ketones (excluding diaryl/α,β-unsaturated/α-hetero) is 1. The fourth-order valence-corrected chi connectivity index (χ4v) is 2.95. The van der Waals surface area contributed by atoms with Crippen molar-refractivity contribution < 1.29 is 14.3 Å². The maximum absolute atomic E-state index is 12.5. The van der Waals surface area contributed by atoms with Crippen LogP contribution in [0.4, 0.5) is 5.69 Å². The zero-order chi connectivity index (χ0) is 18.0. The molecule has 128 valence electrons. The van der Waals surface area contributed by atoms with Crippen molar-refractivity contribution in [2.75, 3.05) is 12.4 Å². The molecule has 25 heavy (non-hydrogen) atoms. The number of rotatable bonds is 5. The number of hydrogen-bond acceptors (Lipinski definition) is 3. The van der Waals surface area contributed by atoms with E-state index in [1.807, 2.05) is 24.3 Å². The van der Waals surface area contributed by atoms with Crippen LogP contribution < -0.4 is 10.1 Å². The van der Waals surface area contributed by atoms with Crippen LogP contribution in [0.1, 0.15) is 17.3 Å². The number of benzene rings is 2. The largest absolute Gasteiger partial charge is 0.495 e. The third-order valence-corrected chi connectivity index (χ3v) is 4.15. The number of hydrogen-bond donors (Lipinski definition) is 1. The SMILES string of the molecule is COc1ccc(Cl)cc1NC(=O)Cn1cc(C(C)=O)c2ccccc21. The molecule has 0 atom stereocenters. The molecule has 1 aromatic heterocycles. The first-order valence-electron chi connectivity index (χ1n) is 7.72. The lowest BCUT2D eigenvalue weighted by atomic mass is 10.1. The van der Waals surface area contributed by atoms with Gasteiger partial charge in [-0.2, -0.15) is 0 Å². The average Bonchev–Trinajstić information content (AvgIpc) is 2.94. The first-order valence-corrected chi connectivity index (χ1v) is 8.09. The lowest BCUT2D eigenvalue weighted by molar-refractivity contribution is -0.116. The van der Waals surface area contributed by atoms with E-state index in [-0.39, 0.29) is 18.2 Å². The number of ether oxygens (including phenoxy) is 1. The van der Waals surface area contributed by atoms with E-state index < -0.39 is 0 Å². The van der Waals surface area contributed by atoms with Crippen LogP contribution in [0.25, 0.3) is 10.9 Å². The molecule has 0 bridgehead atoms. The smallest absolute Gasteiger partial charge is 0.244 e. The van der Waals surface area contributed by atoms with E-state index >= 15 is 0 Å². The molecule has 5 nitrogen and oxygen atoms in total. The summed E-state index contributed by atoms with van der Waals surface area (Å²) >= 11 is 5.98. The number of ketones is 1. The van der Waals surface area contributed by atoms with E-state index in [4.69, 9.17) is 16.3 Å². The number of para-hydroxylation sites is 1. The maximum atomic E-state index is 12.5. The number of fused-ring (bicyclic) bond motifs is 1. The minimum absolute atomic E-state index is 0.0353. The molecule has 1 amide bonds. The van der Waals surface area contributed by atoms with Crippen LogP contribution in [0.5, 0.6) is 5.75 Å². The lowest BCUT2D eigenvalue weighted by Gasteiger charge is -2.11. The summed E-state index contributed by atoms with van der Waals surface area (Å²) in [5.74, 6) is 0.253. The average molecular weight is 357 g/mol. The summed E-state index contributed by atoms with van der Waals surface area (Å²) in [4.78, 5) is 24.3. The van der Waals surface area contributed by atoms with Crippen LogP contribution in [-0.4, -0.2) is 23.4 Å². The monoisotopic (exact) mass is 356 g/mol. The Morgan fingerprint density at radius 3 is 2.68 bits per heavy atom. The summed E-state index contributed by atoms with van der Waals surface area (Å²) in [5.41, 5.74) is 1.94. The maximum Gasteiger partial charge on any atom is 0.244 e. The van der Waals surface area contributed by atoms with Crippen molar-refractivity contribution in [3.63, 3.8) is 0 Å². The predicted octanol–water partition coefficient (Wildman–Crippen LogP) is 4.14. The number of halogens is 1. The van der Waals surface area contributed by atoms with Gasteiger partial charge < -0.3 is 14.6 Å². The van der Waals surface area contributed by atoms with Crippen LogP contribution in [0, 0.1) is 0 Å². The van der Waals surface area contributed by atoms with Crippen LogP contribution >= 0.6 is 11.6 Å². The Hall–Kier alpha value is -2.79. The Balaban J connectivity index is 1.88. The van der Waals surface area contributed by atoms with E-state index in [0.29, 0.717) is 22.0 Å². The van der Waals surface area contributed by atoms with Gasteiger partial charge in [-0.1, -0.05) is 29.8 Å². The Bertz CT molecular complexity index is 962. The van der Waals surface area contributed by atoms with E-state index in [2.05, 4.69) is 5.32 Å². The molecule has 0 spiro atoms. The number of carbonyl (C=O) groups is 2. The van der Waals surface area contributed by atoms with Gasteiger partial charge >= 0.3 is 0 Å². The summed E-state index contributed by atoms with van der Waals surface area (Å²) in [6.45, 7) is 1.59. The number of carbonyl (C=O) groups excluding carboxylic acids is 2. The molecule has 0 unspecified atom stereocenters. The van der Waals surface area contributed by atoms with Crippen molar-refractivity contribution >= 4 is 39.9 Å². The third-order valence-electron chi connectivity index (χ3n) is 3.92. The highest BCUT2D eigenvalue weighted by Crippen LogP contribution is 2.28. The number of anilines is 1. The Kier molecular flexibility index (Phi) is 4.76. The van der Waals surface area contributed by atoms with Gasteiger partial charge in [-0.3, -0.25) is 9.59 Å². The topological polar surface area (TPSA) is 60.3 Å². The minimum Gasteiger partial charge on any atom is -0.495 e. The first-order chi connectivity index (χ1) is 12.0. The summed E-state index contributed by atoms with van der Waals surface area (Å²) < 4.78 is 6.99. The van der Waals surface area contributed by atoms with Crippen molar-refractivity contribution in [1.29, 1.82) is 0 Å². The Morgan fingerprint density at radius 2 is 1.96 bits per heavy atom. The molecule has 3 aromatic rings. The van der Waals surface area contributed by atoms with Crippen LogP contribution in [0.2, 0.25) is 5.02 Å². The highest BCUT2D eigenvalue weighted by atomic mass is 35.5. The zero-order valence-corrected chi connectivity index (χ0v) is 14.6. The van der Waals surface area contributed by atoms with Crippen molar-refractivity contribution in [2.45, 2.75) is 13.5 Å². The third kappa shape index (κ3) is 3.51. The van der Waals surface area contributed by atoms with Gasteiger partial charge in [0, 0.05) is 27.7 Å². The van der Waals surface area contributed by atoms with Gasteiger partial charge in [-0.05, 0) is 31.2 Å². The van der Waals surface area contributed by atoms with Gasteiger partial charge in [-0.25, -0.2) is 0 Å². The van der Waals surface area contributed by atoms with Crippen LogP contribution in [-0.2, 0) is 11.3 Å². The first kappa shape index (κ1) is 17.0. The molecular formula is C19H17ClN2O3. The molecule has 3 rings (SSSR count). The Labute approximate surface area is 150 Å². The van der Waals surface area contributed by atoms with E-state index in [1.165, 1.54) is 14.0 Å². The summed E-state index contributed by atoms with van der Waals surface area (Å²) in [5, 5.41) is 4.14. The van der Waals surface area contributed by atoms with E-state index in [1.54, 1.807) is 29.0 Å². The standard InChI is InChI=1S/C19H17ClN2O3/c1-12(23)15-10-22(17-6-4-3-5-14(15)17)11-19(24)21-16-9-13(20)7-8-18(16)25-2/h3-10H,11H2,1-2H3,(H,21,24). The van der Waals surface area contributed by atoms with Crippen molar-refractivity contribution in [1.82, 2.24) is 4.57 Å². The van der Waals surface area contributed by atoms with Crippen molar-refractivity contribution in [3.05, 3.63) is 59.2 Å². The lowest BCUT2D eigenvalue weighted by Crippen LogP contribution is -2.18. The molecule has 1 heterocycles. The highest BCUT2D eigenvalue weighted by Gasteiger charge is 2.14. The fourth-order valence-electron chi connectivity index (χ4n) is 2.78. The van der Waals surface area contributed by atoms with Gasteiger partial charge in [-0.15, -0.1) is 0 Å². The number of aromatic nitrogens is 1. The second-order valence-electron chi connectivity index (χ2n) is 5.64. The fraction of sp³-hybridized carbons (Fsp3) is 0.158. The van der Waals surface area contributed by atoms with Gasteiger partial charge in [0.2, 0.25) is 5.91 Å². The molecular weight excluding hydrogens is 340 g/mol. The summed E-state index contributed by atoms with van der Waals surface area (Å²) in [6.07, 6.45) is 1.71. The second kappa shape index (κ2) is 6.99. The van der Waals surface area contributed by atoms with Crippen LogP contribution in [0.15, 0.2) is 48.7 Å². The number of amides is 1. The predicted molar refractivity (Wildman–Crippen MR) is 98.6 cm³/mol. The Morgan fingerprint density at radius 1 is 1.20 bits per heavy atom. The highest BCUT2D eigenvalue weighted by molar-refractivity contribution is 6.31. The molecule has 0 saturated heterocycles. The molecule has 0 aliphatic carbocycles. The number of methoxy groups -OCH3 is 1. The quantitative estimate of drug-likeness (QED) is 0.699. The molecule has 6 heteroatoms. The molecule has 0 aliphatic rings. The zero-order valence-electron chi connectivity index (χ0n) is 13.9. The number of nitrogens with zero attached hydrogens (tertiary/aromatic N) is 1. The summed E-state index contributed by atoms with van der Waals surface area (Å²) in [6, 6.07) is 12.5. The van der Waals surface area contributed by atoms with Gasteiger partial charge in [0.25, 0.3) is 0 Å². The minimum atomic E-state index is -0.239. The van der Waals surface area contributed by atoms with Crippen molar-refractivity contribution in [2.24, 2.45) is 0 Å². The van der Waals surface area contributed by atoms with E-state index in [9.17, 15) is 9.59 Å².